The van der Waals surface area contributed by atoms with E-state index in [9.17, 15) is 14.2 Å². The Balaban J connectivity index is 5.06. The zero-order valence-electron chi connectivity index (χ0n) is 16.7. The molecule has 0 atom stereocenters. The van der Waals surface area contributed by atoms with Gasteiger partial charge in [0, 0.05) is 12.2 Å². The number of carbonyl (C=O) groups excluding carboxylic acids is 2. The maximum Gasteiger partial charge on any atom is 0.403 e. The van der Waals surface area contributed by atoms with E-state index in [0.717, 1.165) is 12.2 Å². The second-order valence-corrected chi connectivity index (χ2v) is 7.71. The molecule has 0 aliphatic heterocycles. The molecule has 156 valence electrons. The van der Waals surface area contributed by atoms with Gasteiger partial charge in [0.25, 0.3) is 0 Å². The molecule has 0 unspecified atom stereocenters. The second-order valence-electron chi connectivity index (χ2n) is 6.12. The Hall–Kier alpha value is -1.47. The van der Waals surface area contributed by atoms with Gasteiger partial charge in [0.05, 0.1) is 13.2 Å². The predicted octanol–water partition coefficient (Wildman–Crippen LogP) is 3.66. The standard InChI is InChI=1S/C18H32NO7P/c1-7-15(20)25-17(9-3,10-4)13-23-27(19,22)24-14-18(11-5,12-6)26-16(21)8-2/h7-8H,1-2,9-14H2,3-6H3,(H2,19,22). The van der Waals surface area contributed by atoms with Gasteiger partial charge in [-0.15, -0.1) is 0 Å². The highest BCUT2D eigenvalue weighted by atomic mass is 31.2. The van der Waals surface area contributed by atoms with Crippen LogP contribution in [0, 0.1) is 0 Å². The average molecular weight is 405 g/mol. The minimum atomic E-state index is -3.98. The number of esters is 2. The maximum absolute atomic E-state index is 12.5. The zero-order chi connectivity index (χ0) is 21.1. The summed E-state index contributed by atoms with van der Waals surface area (Å²) in [6, 6.07) is 0. The first-order valence-electron chi connectivity index (χ1n) is 8.95. The van der Waals surface area contributed by atoms with Crippen LogP contribution in [0.4, 0.5) is 0 Å². The molecular formula is C18H32NO7P. The summed E-state index contributed by atoms with van der Waals surface area (Å²) in [4.78, 5) is 23.1. The lowest BCUT2D eigenvalue weighted by Gasteiger charge is -2.33. The lowest BCUT2D eigenvalue weighted by Crippen LogP contribution is -2.40. The number of rotatable bonds is 14. The van der Waals surface area contributed by atoms with Crippen molar-refractivity contribution in [1.82, 2.24) is 0 Å². The Kier molecular flexibility index (Phi) is 10.8. The lowest BCUT2D eigenvalue weighted by molar-refractivity contribution is -0.159. The molecule has 2 N–H and O–H groups in total. The van der Waals surface area contributed by atoms with Crippen LogP contribution in [0.15, 0.2) is 25.3 Å². The fourth-order valence-electron chi connectivity index (χ4n) is 2.22. The molecule has 0 aliphatic rings. The van der Waals surface area contributed by atoms with E-state index in [1.54, 1.807) is 27.7 Å². The van der Waals surface area contributed by atoms with Crippen LogP contribution in [-0.4, -0.2) is 36.4 Å². The molecule has 0 bridgehead atoms. The molecule has 0 saturated carbocycles. The normalized spacial score (nSPS) is 12.3. The van der Waals surface area contributed by atoms with Crippen LogP contribution >= 0.6 is 7.75 Å². The Morgan fingerprint density at radius 3 is 1.37 bits per heavy atom. The number of hydrogen-bond acceptors (Lipinski definition) is 7. The molecule has 0 saturated heterocycles. The molecule has 27 heavy (non-hydrogen) atoms. The Morgan fingerprint density at radius 1 is 0.852 bits per heavy atom. The number of carbonyl (C=O) groups is 2. The Morgan fingerprint density at radius 2 is 1.15 bits per heavy atom. The summed E-state index contributed by atoms with van der Waals surface area (Å²) < 4.78 is 33.7. The van der Waals surface area contributed by atoms with Crippen LogP contribution in [0.25, 0.3) is 0 Å². The number of ether oxygens (including phenoxy) is 2. The van der Waals surface area contributed by atoms with Crippen molar-refractivity contribution in [2.45, 2.75) is 64.6 Å². The summed E-state index contributed by atoms with van der Waals surface area (Å²) in [5.41, 5.74) is 3.68. The monoisotopic (exact) mass is 405 g/mol. The van der Waals surface area contributed by atoms with Crippen molar-refractivity contribution in [1.29, 1.82) is 0 Å². The molecule has 0 aliphatic carbocycles. The van der Waals surface area contributed by atoms with E-state index in [4.69, 9.17) is 24.0 Å². The number of hydrogen-bond donors (Lipinski definition) is 1. The van der Waals surface area contributed by atoms with Crippen LogP contribution in [0.1, 0.15) is 53.4 Å². The molecule has 0 spiro atoms. The van der Waals surface area contributed by atoms with Gasteiger partial charge in [-0.3, -0.25) is 9.05 Å². The van der Waals surface area contributed by atoms with E-state index in [0.29, 0.717) is 25.7 Å². The van der Waals surface area contributed by atoms with E-state index >= 15 is 0 Å². The molecule has 8 nitrogen and oxygen atoms in total. The first-order valence-corrected chi connectivity index (χ1v) is 10.6. The van der Waals surface area contributed by atoms with Gasteiger partial charge in [0.1, 0.15) is 11.2 Å². The number of nitrogens with two attached hydrogens (primary N) is 1. The fourth-order valence-corrected chi connectivity index (χ4v) is 3.12. The van der Waals surface area contributed by atoms with Gasteiger partial charge < -0.3 is 9.47 Å². The van der Waals surface area contributed by atoms with Crippen molar-refractivity contribution in [3.8, 4) is 0 Å². The minimum absolute atomic E-state index is 0.203. The van der Waals surface area contributed by atoms with Gasteiger partial charge in [0.15, 0.2) is 0 Å². The highest BCUT2D eigenvalue weighted by Crippen LogP contribution is 2.43. The summed E-state index contributed by atoms with van der Waals surface area (Å²) in [5.74, 6) is -1.22. The van der Waals surface area contributed by atoms with Crippen molar-refractivity contribution < 1.29 is 32.7 Å². The molecule has 0 fully saturated rings. The third-order valence-corrected chi connectivity index (χ3v) is 5.54. The molecule has 9 heteroatoms. The molecular weight excluding hydrogens is 373 g/mol. The molecule has 0 amide bonds. The third kappa shape index (κ3) is 8.39. The molecule has 0 aromatic rings. The summed E-state index contributed by atoms with van der Waals surface area (Å²) in [6.07, 6.45) is 3.79. The Labute approximate surface area is 161 Å². The Bertz CT molecular complexity index is 522. The first kappa shape index (κ1) is 25.5. The van der Waals surface area contributed by atoms with Crippen molar-refractivity contribution in [2.24, 2.45) is 5.50 Å². The van der Waals surface area contributed by atoms with E-state index in [1.807, 2.05) is 0 Å². The second kappa shape index (κ2) is 11.4. The van der Waals surface area contributed by atoms with E-state index < -0.39 is 30.9 Å². The fraction of sp³-hybridized carbons (Fsp3) is 0.667. The minimum Gasteiger partial charge on any atom is -0.453 e. The van der Waals surface area contributed by atoms with Crippen LogP contribution < -0.4 is 5.50 Å². The highest BCUT2D eigenvalue weighted by molar-refractivity contribution is 7.51. The summed E-state index contributed by atoms with van der Waals surface area (Å²) in [5, 5.41) is 0. The molecule has 0 heterocycles. The SMILES string of the molecule is C=CC(=O)OC(CC)(CC)COP(N)(=O)OCC(CC)(CC)OC(=O)C=C. The van der Waals surface area contributed by atoms with Gasteiger partial charge in [-0.2, -0.15) is 0 Å². The predicted molar refractivity (Wildman–Crippen MR) is 103 cm³/mol. The van der Waals surface area contributed by atoms with Crippen molar-refractivity contribution in [3.63, 3.8) is 0 Å². The van der Waals surface area contributed by atoms with Gasteiger partial charge in [0.2, 0.25) is 0 Å². The van der Waals surface area contributed by atoms with Crippen molar-refractivity contribution >= 4 is 19.7 Å². The molecule has 0 aromatic heterocycles. The zero-order valence-corrected chi connectivity index (χ0v) is 17.6. The van der Waals surface area contributed by atoms with E-state index in [1.165, 1.54) is 0 Å². The van der Waals surface area contributed by atoms with Crippen molar-refractivity contribution in [3.05, 3.63) is 25.3 Å². The first-order chi connectivity index (χ1) is 12.6. The van der Waals surface area contributed by atoms with Gasteiger partial charge >= 0.3 is 19.7 Å². The molecule has 0 rings (SSSR count). The van der Waals surface area contributed by atoms with Crippen LogP contribution in [0.2, 0.25) is 0 Å². The van der Waals surface area contributed by atoms with Gasteiger partial charge in [-0.05, 0) is 25.7 Å². The van der Waals surface area contributed by atoms with Crippen molar-refractivity contribution in [2.75, 3.05) is 13.2 Å². The van der Waals surface area contributed by atoms with Gasteiger partial charge in [-0.1, -0.05) is 40.9 Å². The van der Waals surface area contributed by atoms with Crippen LogP contribution in [0.3, 0.4) is 0 Å². The molecule has 0 aromatic carbocycles. The third-order valence-electron chi connectivity index (χ3n) is 4.56. The summed E-state index contributed by atoms with van der Waals surface area (Å²) >= 11 is 0. The summed E-state index contributed by atoms with van der Waals surface area (Å²) in [7, 11) is -3.98. The summed E-state index contributed by atoms with van der Waals surface area (Å²) in [6.45, 7) is 13.5. The van der Waals surface area contributed by atoms with E-state index in [-0.39, 0.29) is 13.2 Å². The molecule has 0 radical (unpaired) electrons. The largest absolute Gasteiger partial charge is 0.453 e. The lowest BCUT2D eigenvalue weighted by atomic mass is 9.98. The van der Waals surface area contributed by atoms with Crippen LogP contribution in [-0.2, 0) is 32.7 Å². The topological polar surface area (TPSA) is 114 Å². The van der Waals surface area contributed by atoms with Crippen LogP contribution in [0.5, 0.6) is 0 Å². The van der Waals surface area contributed by atoms with E-state index in [2.05, 4.69) is 13.2 Å². The smallest absolute Gasteiger partial charge is 0.403 e. The highest BCUT2D eigenvalue weighted by Gasteiger charge is 2.37. The maximum atomic E-state index is 12.5. The average Bonchev–Trinajstić information content (AvgIpc) is 2.68. The quantitative estimate of drug-likeness (QED) is 0.264. The van der Waals surface area contributed by atoms with Gasteiger partial charge in [-0.25, -0.2) is 19.7 Å².